The molecule has 2 heterocycles. The largest absolute Gasteiger partial charge is 0.481 e. The average Bonchev–Trinajstić information content (AvgIpc) is 2.40. The molecule has 88 valence electrons. The van der Waals surface area contributed by atoms with Crippen LogP contribution in [0, 0.1) is 0 Å². The van der Waals surface area contributed by atoms with E-state index in [1.165, 1.54) is 0 Å². The molecule has 0 saturated heterocycles. The molecule has 0 aliphatic carbocycles. The molecule has 0 aliphatic heterocycles. The highest BCUT2D eigenvalue weighted by Crippen LogP contribution is 2.20. The van der Waals surface area contributed by atoms with E-state index in [1.807, 2.05) is 25.1 Å². The molecule has 1 N–H and O–H groups in total. The third-order valence-electron chi connectivity index (χ3n) is 2.23. The molecular weight excluding hydrogens is 216 g/mol. The number of nitrogens with zero attached hydrogens (tertiary/aromatic N) is 3. The summed E-state index contributed by atoms with van der Waals surface area (Å²) in [5.74, 6) is 1.20. The summed E-state index contributed by atoms with van der Waals surface area (Å²) < 4.78 is 5.08. The molecule has 0 spiro atoms. The monoisotopic (exact) mass is 230 g/mol. The number of pyridine rings is 1. The van der Waals surface area contributed by atoms with Gasteiger partial charge in [-0.25, -0.2) is 15.0 Å². The summed E-state index contributed by atoms with van der Waals surface area (Å²) in [5, 5.41) is 3.08. The Kier molecular flexibility index (Phi) is 3.49. The number of methoxy groups -OCH3 is 1. The fourth-order valence-corrected chi connectivity index (χ4v) is 1.44. The van der Waals surface area contributed by atoms with Crippen LogP contribution in [0.15, 0.2) is 30.6 Å². The van der Waals surface area contributed by atoms with Crippen LogP contribution in [0.25, 0.3) is 11.3 Å². The lowest BCUT2D eigenvalue weighted by molar-refractivity contribution is 0.398. The molecular formula is C12H14N4O. The molecule has 5 nitrogen and oxygen atoms in total. The zero-order chi connectivity index (χ0) is 12.1. The second-order valence-corrected chi connectivity index (χ2v) is 3.38. The highest BCUT2D eigenvalue weighted by Gasteiger charge is 2.03. The van der Waals surface area contributed by atoms with Gasteiger partial charge in [0.25, 0.3) is 0 Å². The summed E-state index contributed by atoms with van der Waals surface area (Å²) >= 11 is 0. The van der Waals surface area contributed by atoms with Crippen molar-refractivity contribution in [1.82, 2.24) is 15.0 Å². The van der Waals surface area contributed by atoms with E-state index in [4.69, 9.17) is 4.74 Å². The van der Waals surface area contributed by atoms with Gasteiger partial charge < -0.3 is 10.1 Å². The van der Waals surface area contributed by atoms with Crippen molar-refractivity contribution in [3.63, 3.8) is 0 Å². The Morgan fingerprint density at radius 3 is 2.82 bits per heavy atom. The summed E-state index contributed by atoms with van der Waals surface area (Å²) in [4.78, 5) is 12.6. The van der Waals surface area contributed by atoms with E-state index in [1.54, 1.807) is 19.5 Å². The van der Waals surface area contributed by atoms with Gasteiger partial charge in [-0.2, -0.15) is 0 Å². The molecule has 0 amide bonds. The Labute approximate surface area is 99.9 Å². The molecule has 0 aliphatic rings. The number of ether oxygens (including phenoxy) is 1. The molecule has 0 unspecified atom stereocenters. The molecule has 2 rings (SSSR count). The molecule has 0 bridgehead atoms. The van der Waals surface area contributed by atoms with Gasteiger partial charge in [-0.05, 0) is 19.1 Å². The number of aromatic nitrogens is 3. The van der Waals surface area contributed by atoms with E-state index in [0.717, 1.165) is 17.8 Å². The summed E-state index contributed by atoms with van der Waals surface area (Å²) in [7, 11) is 1.59. The molecule has 0 saturated carbocycles. The maximum absolute atomic E-state index is 5.08. The molecule has 0 radical (unpaired) electrons. The van der Waals surface area contributed by atoms with Crippen LogP contribution in [-0.2, 0) is 0 Å². The van der Waals surface area contributed by atoms with Crippen LogP contribution in [-0.4, -0.2) is 28.6 Å². The number of hydrogen-bond donors (Lipinski definition) is 1. The quantitative estimate of drug-likeness (QED) is 0.870. The highest BCUT2D eigenvalue weighted by atomic mass is 16.5. The van der Waals surface area contributed by atoms with Crippen LogP contribution in [0.1, 0.15) is 6.92 Å². The Morgan fingerprint density at radius 1 is 1.24 bits per heavy atom. The van der Waals surface area contributed by atoms with E-state index in [9.17, 15) is 0 Å². The van der Waals surface area contributed by atoms with Gasteiger partial charge in [0.1, 0.15) is 0 Å². The van der Waals surface area contributed by atoms with Crippen molar-refractivity contribution in [2.45, 2.75) is 6.92 Å². The van der Waals surface area contributed by atoms with Crippen molar-refractivity contribution < 1.29 is 4.74 Å². The highest BCUT2D eigenvalue weighted by molar-refractivity contribution is 5.60. The van der Waals surface area contributed by atoms with E-state index < -0.39 is 0 Å². The zero-order valence-electron chi connectivity index (χ0n) is 9.84. The topological polar surface area (TPSA) is 59.9 Å². The predicted octanol–water partition coefficient (Wildman–Crippen LogP) is 1.98. The molecule has 5 heteroatoms. The van der Waals surface area contributed by atoms with E-state index in [2.05, 4.69) is 20.3 Å². The molecule has 2 aromatic heterocycles. The number of rotatable bonds is 4. The van der Waals surface area contributed by atoms with E-state index >= 15 is 0 Å². The van der Waals surface area contributed by atoms with Gasteiger partial charge >= 0.3 is 0 Å². The fourth-order valence-electron chi connectivity index (χ4n) is 1.44. The first-order chi connectivity index (χ1) is 8.33. The summed E-state index contributed by atoms with van der Waals surface area (Å²) in [6.07, 6.45) is 3.43. The van der Waals surface area contributed by atoms with Crippen LogP contribution in [0.3, 0.4) is 0 Å². The predicted molar refractivity (Wildman–Crippen MR) is 66.0 cm³/mol. The smallest absolute Gasteiger partial charge is 0.223 e. The van der Waals surface area contributed by atoms with Crippen molar-refractivity contribution in [2.24, 2.45) is 0 Å². The van der Waals surface area contributed by atoms with Crippen LogP contribution in [0.4, 0.5) is 5.95 Å². The fraction of sp³-hybridized carbons (Fsp3) is 0.250. The number of hydrogen-bond acceptors (Lipinski definition) is 5. The maximum Gasteiger partial charge on any atom is 0.223 e. The zero-order valence-corrected chi connectivity index (χ0v) is 9.84. The van der Waals surface area contributed by atoms with Crippen LogP contribution >= 0.6 is 0 Å². The second kappa shape index (κ2) is 5.25. The third kappa shape index (κ3) is 2.69. The van der Waals surface area contributed by atoms with Crippen molar-refractivity contribution in [3.05, 3.63) is 30.6 Å². The summed E-state index contributed by atoms with van der Waals surface area (Å²) in [5.41, 5.74) is 1.80. The summed E-state index contributed by atoms with van der Waals surface area (Å²) in [6, 6.07) is 5.59. The van der Waals surface area contributed by atoms with Crippen molar-refractivity contribution in [2.75, 3.05) is 19.0 Å². The molecule has 0 atom stereocenters. The van der Waals surface area contributed by atoms with Gasteiger partial charge in [0.05, 0.1) is 12.8 Å². The first-order valence-corrected chi connectivity index (χ1v) is 5.41. The average molecular weight is 230 g/mol. The molecule has 2 aromatic rings. The molecule has 0 fully saturated rings. The minimum Gasteiger partial charge on any atom is -0.481 e. The van der Waals surface area contributed by atoms with Gasteiger partial charge in [0, 0.05) is 30.6 Å². The Bertz CT molecular complexity index is 501. The standard InChI is InChI=1S/C12H14N4O/c1-3-13-12-15-7-5-10(16-12)9-4-6-14-11(8-9)17-2/h4-8H,3H2,1-2H3,(H,13,15,16). The van der Waals surface area contributed by atoms with Gasteiger partial charge in [-0.15, -0.1) is 0 Å². The minimum absolute atomic E-state index is 0.575. The maximum atomic E-state index is 5.08. The lowest BCUT2D eigenvalue weighted by Gasteiger charge is -2.05. The summed E-state index contributed by atoms with van der Waals surface area (Å²) in [6.45, 7) is 2.80. The number of anilines is 1. The number of nitrogens with one attached hydrogen (secondary N) is 1. The van der Waals surface area contributed by atoms with Crippen LogP contribution < -0.4 is 10.1 Å². The van der Waals surface area contributed by atoms with E-state index in [0.29, 0.717) is 11.8 Å². The third-order valence-corrected chi connectivity index (χ3v) is 2.23. The minimum atomic E-state index is 0.575. The Morgan fingerprint density at radius 2 is 2.06 bits per heavy atom. The van der Waals surface area contributed by atoms with Crippen molar-refractivity contribution in [3.8, 4) is 17.1 Å². The molecule has 0 aromatic carbocycles. The van der Waals surface area contributed by atoms with Crippen molar-refractivity contribution in [1.29, 1.82) is 0 Å². The van der Waals surface area contributed by atoms with Gasteiger partial charge in [-0.3, -0.25) is 0 Å². The normalized spacial score (nSPS) is 10.0. The lowest BCUT2D eigenvalue weighted by Crippen LogP contribution is -2.02. The molecule has 17 heavy (non-hydrogen) atoms. The van der Waals surface area contributed by atoms with Crippen LogP contribution in [0.5, 0.6) is 5.88 Å². The first-order valence-electron chi connectivity index (χ1n) is 5.41. The van der Waals surface area contributed by atoms with Crippen molar-refractivity contribution >= 4 is 5.95 Å². The SMILES string of the molecule is CCNc1nccc(-c2ccnc(OC)c2)n1. The first kappa shape index (κ1) is 11.3. The van der Waals surface area contributed by atoms with Gasteiger partial charge in [0.2, 0.25) is 11.8 Å². The Hall–Kier alpha value is -2.17. The van der Waals surface area contributed by atoms with Crippen LogP contribution in [0.2, 0.25) is 0 Å². The van der Waals surface area contributed by atoms with E-state index in [-0.39, 0.29) is 0 Å². The van der Waals surface area contributed by atoms with Gasteiger partial charge in [0.15, 0.2) is 0 Å². The van der Waals surface area contributed by atoms with Gasteiger partial charge in [-0.1, -0.05) is 0 Å². The Balaban J connectivity index is 2.34. The second-order valence-electron chi connectivity index (χ2n) is 3.38. The lowest BCUT2D eigenvalue weighted by atomic mass is 10.2.